The lowest BCUT2D eigenvalue weighted by atomic mass is 10.2. The molecule has 0 aromatic heterocycles. The molecule has 3 N–H and O–H groups in total. The summed E-state index contributed by atoms with van der Waals surface area (Å²) in [4.78, 5) is 10.7. The van der Waals surface area contributed by atoms with Crippen molar-refractivity contribution in [1.82, 2.24) is 5.32 Å². The average molecular weight is 321 g/mol. The second-order valence-corrected chi connectivity index (χ2v) is 4.93. The van der Waals surface area contributed by atoms with Crippen molar-refractivity contribution in [3.8, 4) is 11.5 Å². The minimum atomic E-state index is -0.558. The molecule has 1 amide bonds. The van der Waals surface area contributed by atoms with E-state index in [2.05, 4.69) is 5.32 Å². The number of methoxy groups -OCH3 is 1. The van der Waals surface area contributed by atoms with Crippen LogP contribution in [-0.4, -0.2) is 25.7 Å². The van der Waals surface area contributed by atoms with Crippen LogP contribution in [0.4, 0.5) is 0 Å². The van der Waals surface area contributed by atoms with Crippen molar-refractivity contribution >= 4 is 29.9 Å². The molecule has 7 heteroatoms. The first kappa shape index (κ1) is 16.9. The number of carbonyl (C=O) groups is 1. The Labute approximate surface area is 129 Å². The number of halogens is 2. The van der Waals surface area contributed by atoms with E-state index in [9.17, 15) is 4.79 Å². The van der Waals surface area contributed by atoms with Gasteiger partial charge in [-0.15, -0.1) is 12.4 Å². The number of benzene rings is 1. The van der Waals surface area contributed by atoms with Crippen molar-refractivity contribution in [3.05, 3.63) is 22.7 Å². The molecule has 0 saturated heterocycles. The molecule has 1 aliphatic carbocycles. The maximum atomic E-state index is 10.7. The van der Waals surface area contributed by atoms with E-state index in [1.165, 1.54) is 20.0 Å². The minimum Gasteiger partial charge on any atom is -0.493 e. The van der Waals surface area contributed by atoms with Crippen LogP contribution in [0.2, 0.25) is 5.02 Å². The summed E-state index contributed by atoms with van der Waals surface area (Å²) < 4.78 is 10.5. The Morgan fingerprint density at radius 3 is 2.75 bits per heavy atom. The summed E-state index contributed by atoms with van der Waals surface area (Å²) in [5.74, 6) is 0.289. The number of nitrogens with two attached hydrogens (primary N) is 1. The molecule has 0 bridgehead atoms. The molecule has 5 nitrogen and oxygen atoms in total. The van der Waals surface area contributed by atoms with Gasteiger partial charge in [-0.25, -0.2) is 0 Å². The maximum absolute atomic E-state index is 10.7. The fourth-order valence-electron chi connectivity index (χ4n) is 1.71. The Morgan fingerprint density at radius 1 is 1.50 bits per heavy atom. The zero-order chi connectivity index (χ0) is 13.8. The fourth-order valence-corrected chi connectivity index (χ4v) is 2.00. The first-order chi connectivity index (χ1) is 9.10. The van der Waals surface area contributed by atoms with E-state index in [-0.39, 0.29) is 19.0 Å². The van der Waals surface area contributed by atoms with E-state index in [1.807, 2.05) is 6.07 Å². The summed E-state index contributed by atoms with van der Waals surface area (Å²) in [6.07, 6.45) is 2.45. The summed E-state index contributed by atoms with van der Waals surface area (Å²) in [6, 6.07) is 4.27. The molecule has 1 aliphatic rings. The van der Waals surface area contributed by atoms with Gasteiger partial charge in [0.15, 0.2) is 18.1 Å². The van der Waals surface area contributed by atoms with Crippen molar-refractivity contribution in [2.24, 2.45) is 5.73 Å². The summed E-state index contributed by atoms with van der Waals surface area (Å²) >= 11 is 6.14. The number of nitrogens with one attached hydrogen (secondary N) is 1. The van der Waals surface area contributed by atoms with E-state index in [0.717, 1.165) is 12.1 Å². The van der Waals surface area contributed by atoms with Crippen molar-refractivity contribution < 1.29 is 14.3 Å². The van der Waals surface area contributed by atoms with E-state index in [0.29, 0.717) is 22.6 Å². The van der Waals surface area contributed by atoms with Crippen LogP contribution in [0.1, 0.15) is 18.4 Å². The van der Waals surface area contributed by atoms with Gasteiger partial charge in [0.2, 0.25) is 0 Å². The summed E-state index contributed by atoms with van der Waals surface area (Å²) in [5.41, 5.74) is 6.06. The van der Waals surface area contributed by atoms with Gasteiger partial charge >= 0.3 is 0 Å². The van der Waals surface area contributed by atoms with Gasteiger partial charge in [-0.2, -0.15) is 0 Å². The number of ether oxygens (including phenoxy) is 2. The molecule has 1 aromatic carbocycles. The molecule has 0 aliphatic heterocycles. The Morgan fingerprint density at radius 2 is 2.20 bits per heavy atom. The third-order valence-electron chi connectivity index (χ3n) is 2.82. The van der Waals surface area contributed by atoms with Crippen molar-refractivity contribution in [3.63, 3.8) is 0 Å². The number of hydrogen-bond donors (Lipinski definition) is 2. The fraction of sp³-hybridized carbons (Fsp3) is 0.462. The number of amides is 1. The monoisotopic (exact) mass is 320 g/mol. The highest BCUT2D eigenvalue weighted by Crippen LogP contribution is 2.36. The predicted octanol–water partition coefficient (Wildman–Crippen LogP) is 1.89. The first-order valence-electron chi connectivity index (χ1n) is 6.11. The Bertz CT molecular complexity index is 479. The lowest BCUT2D eigenvalue weighted by molar-refractivity contribution is -0.119. The highest BCUT2D eigenvalue weighted by molar-refractivity contribution is 6.32. The van der Waals surface area contributed by atoms with E-state index in [4.69, 9.17) is 26.8 Å². The van der Waals surface area contributed by atoms with E-state index >= 15 is 0 Å². The number of carbonyl (C=O) groups excluding carboxylic acids is 1. The summed E-state index contributed by atoms with van der Waals surface area (Å²) in [7, 11) is 1.53. The molecule has 112 valence electrons. The average Bonchev–Trinajstić information content (AvgIpc) is 3.18. The van der Waals surface area contributed by atoms with Gasteiger partial charge in [-0.05, 0) is 30.5 Å². The molecule has 20 heavy (non-hydrogen) atoms. The molecule has 0 spiro atoms. The Kier molecular flexibility index (Phi) is 6.39. The Hall–Kier alpha value is -1.17. The van der Waals surface area contributed by atoms with Gasteiger partial charge in [0.25, 0.3) is 5.91 Å². The van der Waals surface area contributed by atoms with Crippen LogP contribution >= 0.6 is 24.0 Å². The van der Waals surface area contributed by atoms with Crippen LogP contribution in [0.15, 0.2) is 12.1 Å². The zero-order valence-electron chi connectivity index (χ0n) is 11.1. The standard InChI is InChI=1S/C13H17ClN2O3.ClH/c1-18-11-5-8(6-16-9-2-3-9)4-10(14)13(11)19-7-12(15)17;/h4-5,9,16H,2-3,6-7H2,1H3,(H2,15,17);1H. The second-order valence-electron chi connectivity index (χ2n) is 4.52. The number of primary amides is 1. The van der Waals surface area contributed by atoms with Crippen molar-refractivity contribution in [1.29, 1.82) is 0 Å². The highest BCUT2D eigenvalue weighted by Gasteiger charge is 2.20. The zero-order valence-corrected chi connectivity index (χ0v) is 12.7. The summed E-state index contributed by atoms with van der Waals surface area (Å²) in [5, 5.41) is 3.80. The van der Waals surface area contributed by atoms with Crippen LogP contribution in [0.5, 0.6) is 11.5 Å². The lowest BCUT2D eigenvalue weighted by Gasteiger charge is -2.13. The molecule has 1 aromatic rings. The quantitative estimate of drug-likeness (QED) is 0.804. The van der Waals surface area contributed by atoms with Gasteiger partial charge in [-0.3, -0.25) is 4.79 Å². The van der Waals surface area contributed by atoms with Crippen LogP contribution in [0, 0.1) is 0 Å². The van der Waals surface area contributed by atoms with Crippen LogP contribution < -0.4 is 20.5 Å². The minimum absolute atomic E-state index is 0. The SMILES string of the molecule is COc1cc(CNC2CC2)cc(Cl)c1OCC(N)=O.Cl. The van der Waals surface area contributed by atoms with Crippen LogP contribution in [0.3, 0.4) is 0 Å². The maximum Gasteiger partial charge on any atom is 0.255 e. The van der Waals surface area contributed by atoms with Crippen LogP contribution in [0.25, 0.3) is 0 Å². The normalized spacial score (nSPS) is 13.5. The first-order valence-corrected chi connectivity index (χ1v) is 6.49. The van der Waals surface area contributed by atoms with E-state index in [1.54, 1.807) is 6.07 Å². The Balaban J connectivity index is 0.00000200. The van der Waals surface area contributed by atoms with Gasteiger partial charge in [0.1, 0.15) is 0 Å². The number of hydrogen-bond acceptors (Lipinski definition) is 4. The predicted molar refractivity (Wildman–Crippen MR) is 79.8 cm³/mol. The molecule has 0 heterocycles. The third kappa shape index (κ3) is 4.74. The van der Waals surface area contributed by atoms with Gasteiger partial charge in [0.05, 0.1) is 12.1 Å². The van der Waals surface area contributed by atoms with Gasteiger partial charge < -0.3 is 20.5 Å². The molecule has 2 rings (SSSR count). The van der Waals surface area contributed by atoms with Crippen LogP contribution in [-0.2, 0) is 11.3 Å². The van der Waals surface area contributed by atoms with Crippen molar-refractivity contribution in [2.45, 2.75) is 25.4 Å². The van der Waals surface area contributed by atoms with Gasteiger partial charge in [-0.1, -0.05) is 11.6 Å². The van der Waals surface area contributed by atoms with Crippen molar-refractivity contribution in [2.75, 3.05) is 13.7 Å². The molecular formula is C13H18Cl2N2O3. The van der Waals surface area contributed by atoms with Gasteiger partial charge in [0, 0.05) is 12.6 Å². The molecular weight excluding hydrogens is 303 g/mol. The molecule has 1 fully saturated rings. The van der Waals surface area contributed by atoms with E-state index < -0.39 is 5.91 Å². The topological polar surface area (TPSA) is 73.6 Å². The molecule has 0 unspecified atom stereocenters. The summed E-state index contributed by atoms with van der Waals surface area (Å²) in [6.45, 7) is 0.507. The lowest BCUT2D eigenvalue weighted by Crippen LogP contribution is -2.20. The molecule has 0 radical (unpaired) electrons. The largest absolute Gasteiger partial charge is 0.493 e. The third-order valence-corrected chi connectivity index (χ3v) is 3.10. The molecule has 1 saturated carbocycles. The molecule has 0 atom stereocenters. The second kappa shape index (κ2) is 7.57. The highest BCUT2D eigenvalue weighted by atomic mass is 35.5. The smallest absolute Gasteiger partial charge is 0.255 e. The number of rotatable bonds is 7.